The Kier molecular flexibility index (Phi) is 12.2. The Morgan fingerprint density at radius 2 is 1.45 bits per heavy atom. The maximum atomic E-state index is 12.5. The van der Waals surface area contributed by atoms with E-state index in [-0.39, 0.29) is 48.6 Å². The topological polar surface area (TPSA) is 87.5 Å². The van der Waals surface area contributed by atoms with Crippen LogP contribution in [0, 0.1) is 5.92 Å². The minimum atomic E-state index is -0.377. The molecule has 0 bridgehead atoms. The second kappa shape index (κ2) is 13.2. The lowest BCUT2D eigenvalue weighted by Crippen LogP contribution is -2.30. The number of hydrogen-bond donors (Lipinski definition) is 3. The summed E-state index contributed by atoms with van der Waals surface area (Å²) in [5.74, 6) is -0.560. The van der Waals surface area contributed by atoms with E-state index in [9.17, 15) is 9.59 Å². The summed E-state index contributed by atoms with van der Waals surface area (Å²) in [6, 6.07) is 16.3. The molecule has 2 unspecified atom stereocenters. The first-order chi connectivity index (χ1) is 12.9. The molecule has 29 heavy (non-hydrogen) atoms. The van der Waals surface area contributed by atoms with Gasteiger partial charge in [-0.05, 0) is 43.9 Å². The lowest BCUT2D eigenvalue weighted by molar-refractivity contribution is -0.120. The molecule has 2 rings (SSSR count). The smallest absolute Gasteiger partial charge is 0.229 e. The number of rotatable bonds is 8. The average Bonchev–Trinajstić information content (AvgIpc) is 2.67. The van der Waals surface area contributed by atoms with Crippen molar-refractivity contribution >= 4 is 48.0 Å². The second-order valence-corrected chi connectivity index (χ2v) is 6.89. The van der Waals surface area contributed by atoms with Crippen LogP contribution in [0.2, 0.25) is 0 Å². The maximum absolute atomic E-state index is 12.5. The highest BCUT2D eigenvalue weighted by molar-refractivity contribution is 5.94. The van der Waals surface area contributed by atoms with Gasteiger partial charge in [0.25, 0.3) is 0 Å². The summed E-state index contributed by atoms with van der Waals surface area (Å²) < 4.78 is 0. The fourth-order valence-corrected chi connectivity index (χ4v) is 2.57. The predicted molar refractivity (Wildman–Crippen MR) is 124 cm³/mol. The van der Waals surface area contributed by atoms with Crippen molar-refractivity contribution in [3.63, 3.8) is 0 Å². The Morgan fingerprint density at radius 1 is 0.931 bits per heavy atom. The number of amides is 2. The molecule has 0 saturated carbocycles. The first-order valence-corrected chi connectivity index (χ1v) is 9.03. The average molecular weight is 441 g/mol. The Morgan fingerprint density at radius 3 is 1.97 bits per heavy atom. The zero-order chi connectivity index (χ0) is 19.8. The van der Waals surface area contributed by atoms with Gasteiger partial charge in [0, 0.05) is 30.4 Å². The van der Waals surface area contributed by atoms with Crippen molar-refractivity contribution in [2.45, 2.75) is 19.4 Å². The molecular formula is C21H30Cl2N4O2. The van der Waals surface area contributed by atoms with E-state index < -0.39 is 0 Å². The molecule has 2 aromatic rings. The van der Waals surface area contributed by atoms with Gasteiger partial charge in [-0.2, -0.15) is 0 Å². The summed E-state index contributed by atoms with van der Waals surface area (Å²) in [7, 11) is 3.85. The number of carbonyl (C=O) groups is 2. The van der Waals surface area contributed by atoms with E-state index >= 15 is 0 Å². The van der Waals surface area contributed by atoms with Crippen molar-refractivity contribution in [3.05, 3.63) is 60.2 Å². The number of halogens is 2. The Labute approximate surface area is 185 Å². The van der Waals surface area contributed by atoms with E-state index in [0.29, 0.717) is 24.3 Å². The third-order valence-corrected chi connectivity index (χ3v) is 4.36. The van der Waals surface area contributed by atoms with Crippen molar-refractivity contribution in [2.24, 2.45) is 11.7 Å². The van der Waals surface area contributed by atoms with E-state index in [4.69, 9.17) is 5.73 Å². The van der Waals surface area contributed by atoms with Gasteiger partial charge in [0.15, 0.2) is 0 Å². The number of nitrogens with zero attached hydrogens (tertiary/aromatic N) is 1. The highest BCUT2D eigenvalue weighted by Gasteiger charge is 2.22. The van der Waals surface area contributed by atoms with E-state index in [1.165, 1.54) is 0 Å². The third-order valence-electron chi connectivity index (χ3n) is 4.36. The van der Waals surface area contributed by atoms with Crippen LogP contribution in [-0.4, -0.2) is 37.4 Å². The first-order valence-electron chi connectivity index (χ1n) is 9.03. The van der Waals surface area contributed by atoms with Gasteiger partial charge in [0.1, 0.15) is 0 Å². The normalized spacial score (nSPS) is 12.2. The Balaban J connectivity index is 0.00000392. The molecule has 2 atom stereocenters. The van der Waals surface area contributed by atoms with Crippen molar-refractivity contribution in [1.82, 2.24) is 4.90 Å². The van der Waals surface area contributed by atoms with Crippen LogP contribution in [-0.2, 0) is 9.59 Å². The fourth-order valence-electron chi connectivity index (χ4n) is 2.57. The molecule has 0 radical (unpaired) electrons. The predicted octanol–water partition coefficient (Wildman–Crippen LogP) is 3.70. The second-order valence-electron chi connectivity index (χ2n) is 6.89. The van der Waals surface area contributed by atoms with Gasteiger partial charge in [-0.3, -0.25) is 9.59 Å². The molecule has 0 aromatic heterocycles. The minimum Gasteiger partial charge on any atom is -0.326 e. The van der Waals surface area contributed by atoms with Crippen LogP contribution in [0.3, 0.4) is 0 Å². The molecule has 160 valence electrons. The summed E-state index contributed by atoms with van der Waals surface area (Å²) >= 11 is 0. The molecule has 0 aliphatic heterocycles. The Bertz CT molecular complexity index is 755. The molecule has 0 aliphatic rings. The molecule has 0 aliphatic carbocycles. The van der Waals surface area contributed by atoms with Crippen LogP contribution in [0.4, 0.5) is 11.4 Å². The van der Waals surface area contributed by atoms with Gasteiger partial charge < -0.3 is 21.3 Å². The van der Waals surface area contributed by atoms with Gasteiger partial charge in [-0.1, -0.05) is 37.3 Å². The van der Waals surface area contributed by atoms with E-state index in [1.807, 2.05) is 56.3 Å². The number of benzene rings is 2. The molecule has 4 N–H and O–H groups in total. The summed E-state index contributed by atoms with van der Waals surface area (Å²) in [6.45, 7) is 2.51. The van der Waals surface area contributed by atoms with E-state index in [1.54, 1.807) is 24.3 Å². The van der Waals surface area contributed by atoms with Crippen LogP contribution in [0.15, 0.2) is 54.6 Å². The standard InChI is InChI=1S/C21H28N4O2.2ClH/c1-15(20(22)16-7-5-4-6-8-16)21(27)24-18-11-9-17(10-12-18)23-19(26)13-14-25(2)3;;/h4-12,15,20H,13-14,22H2,1-3H3,(H,23,26)(H,24,27);2*1H. The van der Waals surface area contributed by atoms with Crippen LogP contribution >= 0.6 is 24.8 Å². The van der Waals surface area contributed by atoms with Gasteiger partial charge in [0.05, 0.1) is 5.92 Å². The maximum Gasteiger partial charge on any atom is 0.229 e. The number of carbonyl (C=O) groups excluding carboxylic acids is 2. The lowest BCUT2D eigenvalue weighted by atomic mass is 9.94. The number of hydrogen-bond acceptors (Lipinski definition) is 4. The van der Waals surface area contributed by atoms with Gasteiger partial charge in [-0.15, -0.1) is 24.8 Å². The molecule has 0 saturated heterocycles. The largest absolute Gasteiger partial charge is 0.326 e. The summed E-state index contributed by atoms with van der Waals surface area (Å²) in [6.07, 6.45) is 0.431. The van der Waals surface area contributed by atoms with Crippen LogP contribution in [0.25, 0.3) is 0 Å². The summed E-state index contributed by atoms with van der Waals surface area (Å²) in [5, 5.41) is 5.72. The van der Waals surface area contributed by atoms with Crippen LogP contribution < -0.4 is 16.4 Å². The highest BCUT2D eigenvalue weighted by Crippen LogP contribution is 2.21. The molecule has 0 spiro atoms. The third kappa shape index (κ3) is 8.83. The fraction of sp³-hybridized carbons (Fsp3) is 0.333. The highest BCUT2D eigenvalue weighted by atomic mass is 35.5. The van der Waals surface area contributed by atoms with Crippen molar-refractivity contribution in [2.75, 3.05) is 31.3 Å². The SMILES string of the molecule is CC(C(=O)Nc1ccc(NC(=O)CCN(C)C)cc1)C(N)c1ccccc1.Cl.Cl. The molecule has 2 amide bonds. The Hall–Kier alpha value is -2.12. The molecule has 6 nitrogen and oxygen atoms in total. The minimum absolute atomic E-state index is 0. The van der Waals surface area contributed by atoms with Gasteiger partial charge in [-0.25, -0.2) is 0 Å². The van der Waals surface area contributed by atoms with Crippen LogP contribution in [0.5, 0.6) is 0 Å². The van der Waals surface area contributed by atoms with Crippen molar-refractivity contribution in [3.8, 4) is 0 Å². The van der Waals surface area contributed by atoms with Crippen molar-refractivity contribution in [1.29, 1.82) is 0 Å². The van der Waals surface area contributed by atoms with E-state index in [0.717, 1.165) is 5.56 Å². The number of nitrogens with two attached hydrogens (primary N) is 1. The first kappa shape index (κ1) is 26.9. The van der Waals surface area contributed by atoms with Crippen LogP contribution in [0.1, 0.15) is 24.9 Å². The zero-order valence-corrected chi connectivity index (χ0v) is 18.6. The summed E-state index contributed by atoms with van der Waals surface area (Å²) in [4.78, 5) is 26.3. The monoisotopic (exact) mass is 440 g/mol. The number of anilines is 2. The van der Waals surface area contributed by atoms with Crippen molar-refractivity contribution < 1.29 is 9.59 Å². The quantitative estimate of drug-likeness (QED) is 0.583. The molecule has 2 aromatic carbocycles. The molecule has 0 fully saturated rings. The molecule has 8 heteroatoms. The zero-order valence-electron chi connectivity index (χ0n) is 16.9. The molecule has 0 heterocycles. The van der Waals surface area contributed by atoms with Gasteiger partial charge in [0.2, 0.25) is 11.8 Å². The summed E-state index contributed by atoms with van der Waals surface area (Å²) in [5.41, 5.74) is 8.50. The number of nitrogens with one attached hydrogen (secondary N) is 2. The molecular weight excluding hydrogens is 411 g/mol. The lowest BCUT2D eigenvalue weighted by Gasteiger charge is -2.20. The van der Waals surface area contributed by atoms with Gasteiger partial charge >= 0.3 is 0 Å². The van der Waals surface area contributed by atoms with E-state index in [2.05, 4.69) is 10.6 Å².